The fourth-order valence-electron chi connectivity index (χ4n) is 2.20. The van der Waals surface area contributed by atoms with Gasteiger partial charge in [0.2, 0.25) is 10.0 Å². The van der Waals surface area contributed by atoms with E-state index in [1.54, 1.807) is 13.0 Å². The first-order valence-corrected chi connectivity index (χ1v) is 8.97. The van der Waals surface area contributed by atoms with Gasteiger partial charge in [0.15, 0.2) is 0 Å². The van der Waals surface area contributed by atoms with Crippen LogP contribution < -0.4 is 9.88 Å². The van der Waals surface area contributed by atoms with E-state index in [2.05, 4.69) is 20.8 Å². The van der Waals surface area contributed by atoms with Crippen molar-refractivity contribution in [2.45, 2.75) is 11.8 Å². The van der Waals surface area contributed by atoms with Gasteiger partial charge in [-0.25, -0.2) is 13.6 Å². The third-order valence-electron chi connectivity index (χ3n) is 3.27. The van der Waals surface area contributed by atoms with Gasteiger partial charge >= 0.3 is 0 Å². The average molecular weight is 379 g/mol. The van der Waals surface area contributed by atoms with Gasteiger partial charge in [0.1, 0.15) is 17.3 Å². The molecule has 0 amide bonds. The van der Waals surface area contributed by atoms with E-state index in [9.17, 15) is 8.42 Å². The molecule has 1 aromatic rings. The molecule has 1 saturated heterocycles. The lowest BCUT2D eigenvalue weighted by Gasteiger charge is -2.26. The minimum atomic E-state index is -3.82. The van der Waals surface area contributed by atoms with Gasteiger partial charge in [-0.2, -0.15) is 0 Å². The maximum absolute atomic E-state index is 11.7. The molecule has 0 spiro atoms. The van der Waals surface area contributed by atoms with E-state index in [4.69, 9.17) is 14.6 Å². The molecule has 1 fully saturated rings. The van der Waals surface area contributed by atoms with Crippen LogP contribution >= 0.6 is 15.9 Å². The maximum atomic E-state index is 11.7. The Morgan fingerprint density at radius 3 is 2.67 bits per heavy atom. The Morgan fingerprint density at radius 2 is 2.05 bits per heavy atom. The zero-order valence-corrected chi connectivity index (χ0v) is 14.2. The summed E-state index contributed by atoms with van der Waals surface area (Å²) < 4.78 is 35.0. The highest BCUT2D eigenvalue weighted by Crippen LogP contribution is 2.30. The third-order valence-corrected chi connectivity index (χ3v) is 4.64. The fourth-order valence-corrected chi connectivity index (χ4v) is 3.69. The van der Waals surface area contributed by atoms with Crippen LogP contribution in [-0.2, 0) is 14.8 Å². The number of aryl methyl sites for hydroxylation is 1. The number of hydrogen-bond acceptors (Lipinski definition) is 5. The molecular weight excluding hydrogens is 360 g/mol. The van der Waals surface area contributed by atoms with Gasteiger partial charge in [0.05, 0.1) is 13.2 Å². The van der Waals surface area contributed by atoms with Gasteiger partial charge < -0.3 is 9.47 Å². The molecule has 0 aliphatic carbocycles. The molecule has 2 rings (SSSR count). The van der Waals surface area contributed by atoms with Crippen molar-refractivity contribution in [2.24, 2.45) is 5.14 Å². The van der Waals surface area contributed by atoms with Crippen LogP contribution in [0.1, 0.15) is 5.56 Å². The number of nitrogens with two attached hydrogens (primary N) is 1. The van der Waals surface area contributed by atoms with E-state index in [0.29, 0.717) is 16.8 Å². The zero-order chi connectivity index (χ0) is 15.5. The lowest BCUT2D eigenvalue weighted by Crippen LogP contribution is -2.38. The summed E-state index contributed by atoms with van der Waals surface area (Å²) in [6.07, 6.45) is 0. The molecule has 118 valence electrons. The number of ether oxygens (including phenoxy) is 2. The molecule has 8 heteroatoms. The van der Waals surface area contributed by atoms with Gasteiger partial charge in [-0.15, -0.1) is 0 Å². The monoisotopic (exact) mass is 378 g/mol. The molecule has 0 radical (unpaired) electrons. The van der Waals surface area contributed by atoms with Crippen molar-refractivity contribution in [3.8, 4) is 5.75 Å². The van der Waals surface area contributed by atoms with Crippen molar-refractivity contribution in [1.82, 2.24) is 4.90 Å². The topological polar surface area (TPSA) is 81.9 Å². The van der Waals surface area contributed by atoms with Crippen LogP contribution in [0.2, 0.25) is 0 Å². The van der Waals surface area contributed by atoms with Crippen LogP contribution in [0, 0.1) is 6.92 Å². The van der Waals surface area contributed by atoms with Crippen LogP contribution in [0.5, 0.6) is 5.75 Å². The summed E-state index contributed by atoms with van der Waals surface area (Å²) in [7, 11) is -3.82. The summed E-state index contributed by atoms with van der Waals surface area (Å²) in [4.78, 5) is 2.23. The quantitative estimate of drug-likeness (QED) is 0.829. The predicted octanol–water partition coefficient (Wildman–Crippen LogP) is 1.12. The number of halogens is 1. The molecule has 0 unspecified atom stereocenters. The van der Waals surface area contributed by atoms with Crippen molar-refractivity contribution in [3.63, 3.8) is 0 Å². The number of nitrogens with zero attached hydrogens (tertiary/aromatic N) is 1. The van der Waals surface area contributed by atoms with E-state index in [1.165, 1.54) is 6.07 Å². The van der Waals surface area contributed by atoms with Crippen LogP contribution in [0.4, 0.5) is 0 Å². The highest BCUT2D eigenvalue weighted by atomic mass is 79.9. The van der Waals surface area contributed by atoms with Crippen LogP contribution in [-0.4, -0.2) is 52.8 Å². The number of rotatable bonds is 5. The second kappa shape index (κ2) is 7.06. The summed E-state index contributed by atoms with van der Waals surface area (Å²) in [5, 5.41) is 5.25. The van der Waals surface area contributed by atoms with Crippen molar-refractivity contribution in [3.05, 3.63) is 22.2 Å². The molecule has 2 N–H and O–H groups in total. The van der Waals surface area contributed by atoms with Gasteiger partial charge in [-0.3, -0.25) is 4.90 Å². The first kappa shape index (κ1) is 16.7. The van der Waals surface area contributed by atoms with E-state index >= 15 is 0 Å². The Bertz CT molecular complexity index is 600. The first-order valence-electron chi connectivity index (χ1n) is 6.64. The largest absolute Gasteiger partial charge is 0.491 e. The minimum absolute atomic E-state index is 0.0105. The molecule has 0 aromatic heterocycles. The van der Waals surface area contributed by atoms with Gasteiger partial charge in [0.25, 0.3) is 0 Å². The Balaban J connectivity index is 2.08. The molecule has 0 bridgehead atoms. The molecule has 0 saturated carbocycles. The SMILES string of the molecule is Cc1cc(Br)cc(S(N)(=O)=O)c1OCCN1CCOCC1. The van der Waals surface area contributed by atoms with E-state index in [1.807, 2.05) is 0 Å². The third kappa shape index (κ3) is 4.65. The van der Waals surface area contributed by atoms with Crippen molar-refractivity contribution < 1.29 is 17.9 Å². The van der Waals surface area contributed by atoms with E-state index in [0.717, 1.165) is 38.4 Å². The minimum Gasteiger partial charge on any atom is -0.491 e. The molecule has 1 heterocycles. The first-order chi connectivity index (χ1) is 9.88. The Hall–Kier alpha value is -0.670. The molecule has 1 aromatic carbocycles. The van der Waals surface area contributed by atoms with Crippen LogP contribution in [0.15, 0.2) is 21.5 Å². The highest BCUT2D eigenvalue weighted by molar-refractivity contribution is 9.10. The molecule has 1 aliphatic heterocycles. The van der Waals surface area contributed by atoms with Crippen LogP contribution in [0.25, 0.3) is 0 Å². The molecular formula is C13H19BrN2O4S. The number of sulfonamides is 1. The van der Waals surface area contributed by atoms with E-state index in [-0.39, 0.29) is 4.90 Å². The van der Waals surface area contributed by atoms with Gasteiger partial charge in [-0.1, -0.05) is 15.9 Å². The molecule has 6 nitrogen and oxygen atoms in total. The Kier molecular flexibility index (Phi) is 5.61. The summed E-state index contributed by atoms with van der Waals surface area (Å²) >= 11 is 3.27. The van der Waals surface area contributed by atoms with Gasteiger partial charge in [-0.05, 0) is 24.6 Å². The Labute approximate surface area is 133 Å². The van der Waals surface area contributed by atoms with Crippen molar-refractivity contribution in [2.75, 3.05) is 39.5 Å². The second-order valence-electron chi connectivity index (χ2n) is 4.90. The lowest BCUT2D eigenvalue weighted by molar-refractivity contribution is 0.0320. The van der Waals surface area contributed by atoms with Gasteiger partial charge in [0, 0.05) is 24.1 Å². The highest BCUT2D eigenvalue weighted by Gasteiger charge is 2.19. The second-order valence-corrected chi connectivity index (χ2v) is 7.34. The zero-order valence-electron chi connectivity index (χ0n) is 11.8. The smallest absolute Gasteiger partial charge is 0.241 e. The normalized spacial score (nSPS) is 16.9. The standard InChI is InChI=1S/C13H19BrN2O4S/c1-10-8-11(14)9-12(21(15,17)18)13(10)20-7-4-16-2-5-19-6-3-16/h8-9H,2-7H2,1H3,(H2,15,17,18). The number of hydrogen-bond donors (Lipinski definition) is 1. The molecule has 21 heavy (non-hydrogen) atoms. The molecule has 0 atom stereocenters. The average Bonchev–Trinajstić information content (AvgIpc) is 2.41. The van der Waals surface area contributed by atoms with Crippen molar-refractivity contribution >= 4 is 26.0 Å². The number of primary sulfonamides is 1. The summed E-state index contributed by atoms with van der Waals surface area (Å²) in [5.41, 5.74) is 0.732. The maximum Gasteiger partial charge on any atom is 0.241 e. The Morgan fingerprint density at radius 1 is 1.38 bits per heavy atom. The summed E-state index contributed by atoms with van der Waals surface area (Å²) in [6, 6.07) is 3.27. The fraction of sp³-hybridized carbons (Fsp3) is 0.538. The number of morpholine rings is 1. The van der Waals surface area contributed by atoms with Crippen molar-refractivity contribution in [1.29, 1.82) is 0 Å². The lowest BCUT2D eigenvalue weighted by atomic mass is 10.2. The van der Waals surface area contributed by atoms with Crippen LogP contribution in [0.3, 0.4) is 0 Å². The molecule has 1 aliphatic rings. The van der Waals surface area contributed by atoms with E-state index < -0.39 is 10.0 Å². The number of benzene rings is 1. The predicted molar refractivity (Wildman–Crippen MR) is 83.0 cm³/mol. The summed E-state index contributed by atoms with van der Waals surface area (Å²) in [5.74, 6) is 0.328. The summed E-state index contributed by atoms with van der Waals surface area (Å²) in [6.45, 7) is 6.10.